The van der Waals surface area contributed by atoms with Crippen molar-refractivity contribution < 1.29 is 34.3 Å². The average Bonchev–Trinajstić information content (AvgIpc) is 3.93. The number of carbonyl (C=O) groups is 1. The van der Waals surface area contributed by atoms with Gasteiger partial charge in [-0.1, -0.05) is 34.6 Å². The van der Waals surface area contributed by atoms with Gasteiger partial charge in [0.05, 0.1) is 43.2 Å². The fourth-order valence-corrected chi connectivity index (χ4v) is 14.0. The highest BCUT2D eigenvalue weighted by Gasteiger charge is 2.84. The van der Waals surface area contributed by atoms with Gasteiger partial charge >= 0.3 is 0 Å². The zero-order valence-electron chi connectivity index (χ0n) is 30.2. The molecule has 0 aromatic heterocycles. The summed E-state index contributed by atoms with van der Waals surface area (Å²) in [5, 5.41) is 34.1. The normalized spacial score (nSPS) is 52.4. The third kappa shape index (κ3) is 4.55. The first-order valence-electron chi connectivity index (χ1n) is 19.3. The zero-order chi connectivity index (χ0) is 33.5. The Morgan fingerprint density at radius 2 is 1.72 bits per heavy atom. The Morgan fingerprint density at radius 3 is 2.43 bits per heavy atom. The fraction of sp³-hybridized carbons (Fsp3) is 0.974. The number of rotatable bonds is 6. The molecule has 0 bridgehead atoms. The number of ether oxygens (including phenoxy) is 3. The number of aliphatic hydroxyl groups excluding tert-OH is 2. The lowest BCUT2D eigenvalue weighted by atomic mass is 9.41. The third-order valence-corrected chi connectivity index (χ3v) is 16.7. The van der Waals surface area contributed by atoms with E-state index in [1.54, 1.807) is 13.8 Å². The number of fused-ring (bicyclic) bond motifs is 4. The maximum Gasteiger partial charge on any atom is 0.223 e. The molecule has 8 heteroatoms. The molecule has 8 rings (SSSR count). The van der Waals surface area contributed by atoms with Crippen molar-refractivity contribution in [2.24, 2.45) is 56.7 Å². The summed E-state index contributed by atoms with van der Waals surface area (Å²) < 4.78 is 19.6. The van der Waals surface area contributed by atoms with Gasteiger partial charge in [-0.05, 0) is 129 Å². The monoisotopic (exact) mass is 657 g/mol. The van der Waals surface area contributed by atoms with Crippen LogP contribution in [0.4, 0.5) is 0 Å². The van der Waals surface area contributed by atoms with Gasteiger partial charge in [0, 0.05) is 18.4 Å². The fourth-order valence-electron chi connectivity index (χ4n) is 14.0. The molecule has 8 nitrogen and oxygen atoms in total. The number of hydrogen-bond donors (Lipinski definition) is 3. The van der Waals surface area contributed by atoms with Crippen LogP contribution in [0.15, 0.2) is 0 Å². The molecule has 3 N–H and O–H groups in total. The summed E-state index contributed by atoms with van der Waals surface area (Å²) in [6, 6.07) is 0. The van der Waals surface area contributed by atoms with E-state index in [4.69, 9.17) is 14.2 Å². The first-order valence-corrected chi connectivity index (χ1v) is 19.3. The van der Waals surface area contributed by atoms with Gasteiger partial charge in [0.15, 0.2) is 6.29 Å². The van der Waals surface area contributed by atoms with E-state index in [0.717, 1.165) is 25.7 Å². The van der Waals surface area contributed by atoms with Gasteiger partial charge in [0.2, 0.25) is 5.91 Å². The van der Waals surface area contributed by atoms with E-state index < -0.39 is 23.9 Å². The number of aliphatic hydroxyl groups is 3. The summed E-state index contributed by atoms with van der Waals surface area (Å²) in [5.74, 6) is 2.40. The van der Waals surface area contributed by atoms with Crippen LogP contribution in [0.3, 0.4) is 0 Å². The van der Waals surface area contributed by atoms with Crippen molar-refractivity contribution in [1.82, 2.24) is 4.90 Å². The van der Waals surface area contributed by atoms with Crippen LogP contribution >= 0.6 is 0 Å². The smallest absolute Gasteiger partial charge is 0.223 e. The quantitative estimate of drug-likeness (QED) is 0.356. The van der Waals surface area contributed by atoms with E-state index >= 15 is 0 Å². The lowest BCUT2D eigenvalue weighted by Gasteiger charge is -2.64. The maximum atomic E-state index is 12.9. The second kappa shape index (κ2) is 10.6. The van der Waals surface area contributed by atoms with Crippen molar-refractivity contribution in [2.75, 3.05) is 19.7 Å². The van der Waals surface area contributed by atoms with Gasteiger partial charge in [0.1, 0.15) is 6.10 Å². The van der Waals surface area contributed by atoms with E-state index in [1.165, 1.54) is 32.1 Å². The molecule has 0 aromatic rings. The first-order chi connectivity index (χ1) is 22.0. The molecule has 2 saturated heterocycles. The van der Waals surface area contributed by atoms with Gasteiger partial charge in [-0.3, -0.25) is 4.79 Å². The summed E-state index contributed by atoms with van der Waals surface area (Å²) in [7, 11) is 0. The third-order valence-electron chi connectivity index (χ3n) is 16.7. The van der Waals surface area contributed by atoms with Gasteiger partial charge in [0.25, 0.3) is 0 Å². The second-order valence-corrected chi connectivity index (χ2v) is 19.6. The molecule has 0 aromatic carbocycles. The number of carbonyl (C=O) groups excluding carboxylic acids is 1. The van der Waals surface area contributed by atoms with Crippen LogP contribution in [0.25, 0.3) is 0 Å². The van der Waals surface area contributed by atoms with Crippen LogP contribution < -0.4 is 0 Å². The molecule has 0 unspecified atom stereocenters. The molecule has 14 atom stereocenters. The van der Waals surface area contributed by atoms with Gasteiger partial charge < -0.3 is 34.4 Å². The van der Waals surface area contributed by atoms with Gasteiger partial charge in [-0.2, -0.15) is 0 Å². The van der Waals surface area contributed by atoms with E-state index in [9.17, 15) is 20.1 Å². The molecule has 8 aliphatic rings. The molecule has 2 heterocycles. The van der Waals surface area contributed by atoms with Crippen LogP contribution in [0.1, 0.15) is 119 Å². The largest absolute Gasteiger partial charge is 0.390 e. The van der Waals surface area contributed by atoms with Crippen LogP contribution in [0, 0.1) is 56.7 Å². The van der Waals surface area contributed by atoms with Crippen molar-refractivity contribution in [2.45, 2.75) is 162 Å². The Labute approximate surface area is 282 Å². The lowest BCUT2D eigenvalue weighted by molar-refractivity contribution is -0.248. The first kappa shape index (κ1) is 33.4. The molecule has 8 fully saturated rings. The van der Waals surface area contributed by atoms with Crippen LogP contribution in [0.5, 0.6) is 0 Å². The molecule has 47 heavy (non-hydrogen) atoms. The highest BCUT2D eigenvalue weighted by atomic mass is 16.7. The van der Waals surface area contributed by atoms with Crippen LogP contribution in [-0.2, 0) is 19.0 Å². The van der Waals surface area contributed by atoms with Crippen LogP contribution in [0.2, 0.25) is 0 Å². The summed E-state index contributed by atoms with van der Waals surface area (Å²) in [5.41, 5.74) is -1.01. The molecule has 266 valence electrons. The Balaban J connectivity index is 1.01. The summed E-state index contributed by atoms with van der Waals surface area (Å²) in [4.78, 5) is 14.9. The maximum absolute atomic E-state index is 12.9. The molecular formula is C39H63NO7. The second-order valence-electron chi connectivity index (χ2n) is 19.6. The molecule has 6 aliphatic carbocycles. The zero-order valence-corrected chi connectivity index (χ0v) is 30.2. The Morgan fingerprint density at radius 1 is 1.02 bits per heavy atom. The molecule has 1 amide bonds. The molecule has 2 spiro atoms. The Hall–Kier alpha value is -0.770. The predicted octanol–water partition coefficient (Wildman–Crippen LogP) is 5.30. The SMILES string of the molecule is C[C@@H]1C[C@H]([C@H](O)C(C)(C)O)O[C@H]2[C@H]1[C@@]1(C)CC[C@@]34C[C@@]35CC[C@H](O[C@H]3CN(C(=O)CC6CC6)CCO3)C(C)(C)[C@@H]5CC[C@H]4[C@]1(C)[C@H]2O. The van der Waals surface area contributed by atoms with Crippen molar-refractivity contribution in [1.29, 1.82) is 0 Å². The standard InChI is InChI=1S/C39H63NO7/c1-22-18-24(32(42)35(4,5)44)46-31-30(22)36(6)14-15-39-21-38(39)13-12-27(34(2,3)25(38)10-11-26(39)37(36,7)33(31)43)47-29-20-40(16-17-45-29)28(41)19-23-8-9-23/h22-27,29-33,42-44H,8-21H2,1-7H3/t22-,24-,25+,26+,27+,29+,30+,31+,32+,33+,36-,37-,38-,39+/m1/s1. The van der Waals surface area contributed by atoms with Crippen molar-refractivity contribution in [3.63, 3.8) is 0 Å². The van der Waals surface area contributed by atoms with E-state index in [-0.39, 0.29) is 52.0 Å². The van der Waals surface area contributed by atoms with Crippen molar-refractivity contribution in [3.05, 3.63) is 0 Å². The number of morpholine rings is 1. The van der Waals surface area contributed by atoms with Gasteiger partial charge in [-0.25, -0.2) is 0 Å². The van der Waals surface area contributed by atoms with E-state index in [0.29, 0.717) is 61.6 Å². The highest BCUT2D eigenvalue weighted by molar-refractivity contribution is 5.76. The Bertz CT molecular complexity index is 1260. The number of nitrogens with zero attached hydrogens (tertiary/aromatic N) is 1. The Kier molecular flexibility index (Phi) is 7.55. The summed E-state index contributed by atoms with van der Waals surface area (Å²) in [6.45, 7) is 17.1. The number of amides is 1. The lowest BCUT2D eigenvalue weighted by Crippen LogP contribution is -2.60. The number of hydrogen-bond acceptors (Lipinski definition) is 7. The van der Waals surface area contributed by atoms with Crippen molar-refractivity contribution >= 4 is 5.91 Å². The highest BCUT2D eigenvalue weighted by Crippen LogP contribution is 2.89. The molecule has 0 radical (unpaired) electrons. The average molecular weight is 658 g/mol. The summed E-state index contributed by atoms with van der Waals surface area (Å²) >= 11 is 0. The minimum absolute atomic E-state index is 0.00159. The molecular weight excluding hydrogens is 594 g/mol. The van der Waals surface area contributed by atoms with E-state index in [2.05, 4.69) is 34.6 Å². The minimum Gasteiger partial charge on any atom is -0.390 e. The molecule has 6 saturated carbocycles. The topological polar surface area (TPSA) is 109 Å². The van der Waals surface area contributed by atoms with Gasteiger partial charge in [-0.15, -0.1) is 0 Å². The predicted molar refractivity (Wildman–Crippen MR) is 177 cm³/mol. The summed E-state index contributed by atoms with van der Waals surface area (Å²) in [6.07, 6.45) is 9.23. The van der Waals surface area contributed by atoms with Crippen LogP contribution in [-0.4, -0.2) is 88.2 Å². The minimum atomic E-state index is -1.25. The van der Waals surface area contributed by atoms with E-state index in [1.807, 2.05) is 4.90 Å². The van der Waals surface area contributed by atoms with Crippen molar-refractivity contribution in [3.8, 4) is 0 Å². The molecule has 2 aliphatic heterocycles.